The molecule has 0 bridgehead atoms. The monoisotopic (exact) mass is 192 g/mol. The topological polar surface area (TPSA) is 9.23 Å². The fourth-order valence-electron chi connectivity index (χ4n) is 0.650. The van der Waals surface area contributed by atoms with Gasteiger partial charge >= 0.3 is 0 Å². The van der Waals surface area contributed by atoms with Crippen molar-refractivity contribution in [3.8, 4) is 5.75 Å². The number of ether oxygens (including phenoxy) is 1. The SMILES string of the molecule is FCOc1ccc(SCl)cc1. The Kier molecular flexibility index (Phi) is 3.52. The number of hydrogen-bond donors (Lipinski definition) is 0. The third kappa shape index (κ3) is 2.60. The zero-order valence-electron chi connectivity index (χ0n) is 5.59. The van der Waals surface area contributed by atoms with Crippen molar-refractivity contribution in [1.29, 1.82) is 0 Å². The summed E-state index contributed by atoms with van der Waals surface area (Å²) in [5.74, 6) is 0.516. The lowest BCUT2D eigenvalue weighted by atomic mass is 10.3. The van der Waals surface area contributed by atoms with E-state index in [1.54, 1.807) is 24.3 Å². The molecule has 0 aliphatic heterocycles. The second kappa shape index (κ2) is 4.46. The van der Waals surface area contributed by atoms with Gasteiger partial charge in [-0.25, -0.2) is 4.39 Å². The Balaban J connectivity index is 2.66. The minimum atomic E-state index is -0.798. The summed E-state index contributed by atoms with van der Waals surface area (Å²) in [7, 11) is 6.58. The van der Waals surface area contributed by atoms with Gasteiger partial charge in [0.05, 0.1) is 0 Å². The minimum Gasteiger partial charge on any atom is -0.463 e. The maximum Gasteiger partial charge on any atom is 0.228 e. The lowest BCUT2D eigenvalue weighted by molar-refractivity contribution is 0.191. The Morgan fingerprint density at radius 2 is 2.00 bits per heavy atom. The normalized spacial score (nSPS) is 9.64. The number of hydrogen-bond acceptors (Lipinski definition) is 2. The molecule has 0 aliphatic carbocycles. The van der Waals surface area contributed by atoms with Crippen LogP contribution in [0.25, 0.3) is 0 Å². The highest BCUT2D eigenvalue weighted by molar-refractivity contribution is 8.21. The smallest absolute Gasteiger partial charge is 0.228 e. The summed E-state index contributed by atoms with van der Waals surface area (Å²) in [6.07, 6.45) is 0. The van der Waals surface area contributed by atoms with Crippen molar-refractivity contribution >= 4 is 21.7 Å². The van der Waals surface area contributed by atoms with Gasteiger partial charge in [0, 0.05) is 4.90 Å². The van der Waals surface area contributed by atoms with Crippen molar-refractivity contribution in [3.05, 3.63) is 24.3 Å². The molecular weight excluding hydrogens is 187 g/mol. The lowest BCUT2D eigenvalue weighted by Gasteiger charge is -1.99. The molecule has 11 heavy (non-hydrogen) atoms. The van der Waals surface area contributed by atoms with E-state index in [1.807, 2.05) is 0 Å². The molecule has 0 saturated heterocycles. The molecule has 0 saturated carbocycles. The number of alkyl halides is 1. The Labute approximate surface area is 73.0 Å². The second-order valence-electron chi connectivity index (χ2n) is 1.80. The Hall–Kier alpha value is -0.410. The van der Waals surface area contributed by atoms with Crippen LogP contribution < -0.4 is 4.74 Å². The summed E-state index contributed by atoms with van der Waals surface area (Å²) in [5, 5.41) is 0. The Morgan fingerprint density at radius 3 is 2.45 bits per heavy atom. The van der Waals surface area contributed by atoms with E-state index in [0.717, 1.165) is 15.9 Å². The summed E-state index contributed by atoms with van der Waals surface area (Å²) < 4.78 is 16.2. The van der Waals surface area contributed by atoms with E-state index in [-0.39, 0.29) is 0 Å². The molecule has 4 heteroatoms. The third-order valence-electron chi connectivity index (χ3n) is 1.13. The van der Waals surface area contributed by atoms with Gasteiger partial charge in [0.25, 0.3) is 0 Å². The van der Waals surface area contributed by atoms with Crippen LogP contribution >= 0.6 is 21.7 Å². The first-order valence-electron chi connectivity index (χ1n) is 2.94. The summed E-state index contributed by atoms with van der Waals surface area (Å²) >= 11 is 0. The number of rotatable bonds is 3. The molecule has 0 fully saturated rings. The van der Waals surface area contributed by atoms with E-state index >= 15 is 0 Å². The van der Waals surface area contributed by atoms with Gasteiger partial charge in [0.2, 0.25) is 6.86 Å². The van der Waals surface area contributed by atoms with Gasteiger partial charge in [-0.05, 0) is 45.9 Å². The Bertz CT molecular complexity index is 214. The zero-order chi connectivity index (χ0) is 8.10. The molecule has 0 unspecified atom stereocenters. The fourth-order valence-corrected chi connectivity index (χ4v) is 1.20. The van der Waals surface area contributed by atoms with E-state index in [2.05, 4.69) is 4.74 Å². The van der Waals surface area contributed by atoms with Crippen molar-refractivity contribution in [2.24, 2.45) is 0 Å². The largest absolute Gasteiger partial charge is 0.463 e. The van der Waals surface area contributed by atoms with Crippen LogP contribution in [-0.2, 0) is 0 Å². The summed E-state index contributed by atoms with van der Waals surface area (Å²) in [4.78, 5) is 0.915. The molecule has 0 heterocycles. The van der Waals surface area contributed by atoms with Gasteiger partial charge in [-0.3, -0.25) is 0 Å². The molecule has 60 valence electrons. The molecule has 0 aromatic heterocycles. The molecule has 0 spiro atoms. The van der Waals surface area contributed by atoms with Crippen molar-refractivity contribution in [2.45, 2.75) is 4.90 Å². The van der Waals surface area contributed by atoms with Crippen molar-refractivity contribution < 1.29 is 9.13 Å². The molecule has 0 radical (unpaired) electrons. The van der Waals surface area contributed by atoms with E-state index in [1.165, 1.54) is 0 Å². The van der Waals surface area contributed by atoms with E-state index in [4.69, 9.17) is 10.7 Å². The van der Waals surface area contributed by atoms with E-state index in [0.29, 0.717) is 5.75 Å². The average molecular weight is 193 g/mol. The standard InChI is InChI=1S/C7H6ClFOS/c8-11-7-3-1-6(2-4-7)10-5-9/h1-4H,5H2. The highest BCUT2D eigenvalue weighted by Gasteiger charge is 1.93. The quantitative estimate of drug-likeness (QED) is 0.727. The molecule has 1 rings (SSSR count). The average Bonchev–Trinajstić information content (AvgIpc) is 2.07. The summed E-state index contributed by atoms with van der Waals surface area (Å²) in [6, 6.07) is 6.87. The molecule has 0 atom stereocenters. The van der Waals surface area contributed by atoms with Gasteiger partial charge in [0.15, 0.2) is 0 Å². The predicted molar refractivity (Wildman–Crippen MR) is 44.8 cm³/mol. The molecule has 0 N–H and O–H groups in total. The first kappa shape index (κ1) is 8.68. The van der Waals surface area contributed by atoms with E-state index in [9.17, 15) is 4.39 Å². The van der Waals surface area contributed by atoms with Crippen LogP contribution in [0.2, 0.25) is 0 Å². The lowest BCUT2D eigenvalue weighted by Crippen LogP contribution is -1.88. The van der Waals surface area contributed by atoms with E-state index < -0.39 is 6.86 Å². The van der Waals surface area contributed by atoms with Crippen LogP contribution in [0.1, 0.15) is 0 Å². The first-order valence-corrected chi connectivity index (χ1v) is 4.58. The van der Waals surface area contributed by atoms with Crippen molar-refractivity contribution in [2.75, 3.05) is 6.86 Å². The van der Waals surface area contributed by atoms with Crippen LogP contribution in [0.15, 0.2) is 29.2 Å². The van der Waals surface area contributed by atoms with Gasteiger partial charge in [-0.2, -0.15) is 0 Å². The maximum absolute atomic E-state index is 11.6. The van der Waals surface area contributed by atoms with Gasteiger partial charge in [0.1, 0.15) is 5.75 Å². The second-order valence-corrected chi connectivity index (χ2v) is 2.89. The van der Waals surface area contributed by atoms with Gasteiger partial charge in [-0.15, -0.1) is 0 Å². The van der Waals surface area contributed by atoms with Gasteiger partial charge in [-0.1, -0.05) is 0 Å². The molecule has 0 aliphatic rings. The molecule has 0 amide bonds. The predicted octanol–water partition coefficient (Wildman–Crippen LogP) is 3.24. The van der Waals surface area contributed by atoms with Crippen molar-refractivity contribution in [1.82, 2.24) is 0 Å². The summed E-state index contributed by atoms with van der Waals surface area (Å²) in [5.41, 5.74) is 0. The van der Waals surface area contributed by atoms with Crippen LogP contribution in [0.5, 0.6) is 5.75 Å². The van der Waals surface area contributed by atoms with Gasteiger partial charge < -0.3 is 4.74 Å². The van der Waals surface area contributed by atoms with Crippen LogP contribution in [-0.4, -0.2) is 6.86 Å². The highest BCUT2D eigenvalue weighted by atomic mass is 35.7. The minimum absolute atomic E-state index is 0.516. The zero-order valence-corrected chi connectivity index (χ0v) is 7.16. The van der Waals surface area contributed by atoms with Crippen molar-refractivity contribution in [3.63, 3.8) is 0 Å². The number of halogens is 2. The van der Waals surface area contributed by atoms with Crippen LogP contribution in [0.3, 0.4) is 0 Å². The molecule has 1 aromatic carbocycles. The third-order valence-corrected chi connectivity index (χ3v) is 2.12. The Morgan fingerprint density at radius 1 is 1.36 bits per heavy atom. The van der Waals surface area contributed by atoms with Crippen LogP contribution in [0.4, 0.5) is 4.39 Å². The van der Waals surface area contributed by atoms with Crippen LogP contribution in [0, 0.1) is 0 Å². The number of benzene rings is 1. The fraction of sp³-hybridized carbons (Fsp3) is 0.143. The molecule has 1 nitrogen and oxygen atoms in total. The molecule has 1 aromatic rings. The summed E-state index contributed by atoms with van der Waals surface area (Å²) in [6.45, 7) is -0.798. The maximum atomic E-state index is 11.6. The first-order chi connectivity index (χ1) is 5.36. The highest BCUT2D eigenvalue weighted by Crippen LogP contribution is 2.23. The molecular formula is C7H6ClFOS.